The Bertz CT molecular complexity index is 890. The SMILES string of the molecule is CC.CC1CCC(c2ccc3c(oc4c(F)c(O)ccc43)c2F)CC1. The minimum atomic E-state index is -0.842. The average Bonchev–Trinajstić information content (AvgIpc) is 3.02. The Kier molecular flexibility index (Phi) is 4.98. The number of furan rings is 1. The number of benzene rings is 2. The summed E-state index contributed by atoms with van der Waals surface area (Å²) in [7, 11) is 0. The molecule has 1 aliphatic rings. The predicted octanol–water partition coefficient (Wildman–Crippen LogP) is 6.89. The van der Waals surface area contributed by atoms with Crippen LogP contribution >= 0.6 is 0 Å². The van der Waals surface area contributed by atoms with Gasteiger partial charge in [0.15, 0.2) is 22.7 Å². The minimum absolute atomic E-state index is 0.0839. The van der Waals surface area contributed by atoms with Gasteiger partial charge in [-0.05, 0) is 48.4 Å². The Labute approximate surface area is 146 Å². The summed E-state index contributed by atoms with van der Waals surface area (Å²) in [5.41, 5.74) is 0.655. The monoisotopic (exact) mass is 346 g/mol. The topological polar surface area (TPSA) is 33.4 Å². The molecule has 0 bridgehead atoms. The third-order valence-electron chi connectivity index (χ3n) is 5.15. The van der Waals surface area contributed by atoms with Crippen molar-refractivity contribution in [1.82, 2.24) is 0 Å². The van der Waals surface area contributed by atoms with Crippen molar-refractivity contribution in [3.63, 3.8) is 0 Å². The first-order chi connectivity index (χ1) is 12.1. The number of hydrogen-bond donors (Lipinski definition) is 1. The van der Waals surface area contributed by atoms with Gasteiger partial charge < -0.3 is 9.52 Å². The van der Waals surface area contributed by atoms with Gasteiger partial charge in [0, 0.05) is 10.8 Å². The number of fused-ring (bicyclic) bond motifs is 3. The molecule has 1 aromatic heterocycles. The molecule has 0 spiro atoms. The van der Waals surface area contributed by atoms with Gasteiger partial charge in [0.1, 0.15) is 0 Å². The predicted molar refractivity (Wildman–Crippen MR) is 97.0 cm³/mol. The molecule has 0 atom stereocenters. The summed E-state index contributed by atoms with van der Waals surface area (Å²) in [6.45, 7) is 6.23. The average molecular weight is 346 g/mol. The summed E-state index contributed by atoms with van der Waals surface area (Å²) >= 11 is 0. The fourth-order valence-corrected chi connectivity index (χ4v) is 3.73. The molecule has 134 valence electrons. The van der Waals surface area contributed by atoms with Crippen molar-refractivity contribution < 1.29 is 18.3 Å². The molecule has 3 aromatic rings. The molecule has 0 amide bonds. The Balaban J connectivity index is 0.000000880. The fraction of sp³-hybridized carbons (Fsp3) is 0.429. The van der Waals surface area contributed by atoms with Crippen LogP contribution in [0.15, 0.2) is 28.7 Å². The highest BCUT2D eigenvalue weighted by molar-refractivity contribution is 6.05. The van der Waals surface area contributed by atoms with E-state index in [1.54, 1.807) is 18.2 Å². The lowest BCUT2D eigenvalue weighted by Crippen LogP contribution is -2.12. The summed E-state index contributed by atoms with van der Waals surface area (Å²) in [5.74, 6) is -0.829. The van der Waals surface area contributed by atoms with Crippen molar-refractivity contribution in [1.29, 1.82) is 0 Å². The van der Waals surface area contributed by atoms with Crippen LogP contribution in [0.1, 0.15) is 57.9 Å². The number of aromatic hydroxyl groups is 1. The van der Waals surface area contributed by atoms with Gasteiger partial charge >= 0.3 is 0 Å². The Hall–Kier alpha value is -2.10. The van der Waals surface area contributed by atoms with E-state index in [1.807, 2.05) is 13.8 Å². The van der Waals surface area contributed by atoms with Crippen LogP contribution in [0.3, 0.4) is 0 Å². The van der Waals surface area contributed by atoms with Gasteiger partial charge in [-0.3, -0.25) is 0 Å². The summed E-state index contributed by atoms with van der Waals surface area (Å²) in [6.07, 6.45) is 4.15. The lowest BCUT2D eigenvalue weighted by atomic mass is 9.79. The summed E-state index contributed by atoms with van der Waals surface area (Å²) < 4.78 is 34.4. The van der Waals surface area contributed by atoms with E-state index in [-0.39, 0.29) is 17.1 Å². The zero-order valence-electron chi connectivity index (χ0n) is 14.9. The van der Waals surface area contributed by atoms with Crippen LogP contribution in [0.5, 0.6) is 5.75 Å². The molecule has 2 aromatic carbocycles. The van der Waals surface area contributed by atoms with Crippen molar-refractivity contribution in [3.8, 4) is 5.75 Å². The third kappa shape index (κ3) is 2.99. The maximum absolute atomic E-state index is 14.9. The first kappa shape index (κ1) is 17.7. The number of rotatable bonds is 1. The highest BCUT2D eigenvalue weighted by atomic mass is 19.1. The summed E-state index contributed by atoms with van der Waals surface area (Å²) in [5, 5.41) is 10.5. The van der Waals surface area contributed by atoms with Crippen LogP contribution in [-0.2, 0) is 0 Å². The smallest absolute Gasteiger partial charge is 0.207 e. The Morgan fingerprint density at radius 3 is 2.08 bits per heavy atom. The van der Waals surface area contributed by atoms with Crippen LogP contribution in [0.2, 0.25) is 0 Å². The fourth-order valence-electron chi connectivity index (χ4n) is 3.73. The quantitative estimate of drug-likeness (QED) is 0.520. The molecule has 1 fully saturated rings. The zero-order chi connectivity index (χ0) is 18.1. The van der Waals surface area contributed by atoms with Gasteiger partial charge in [0.05, 0.1) is 0 Å². The third-order valence-corrected chi connectivity index (χ3v) is 5.15. The van der Waals surface area contributed by atoms with E-state index in [0.29, 0.717) is 22.3 Å². The molecule has 1 aliphatic carbocycles. The van der Waals surface area contributed by atoms with Crippen LogP contribution in [0.25, 0.3) is 21.9 Å². The van der Waals surface area contributed by atoms with Crippen LogP contribution < -0.4 is 0 Å². The first-order valence-electron chi connectivity index (χ1n) is 9.08. The zero-order valence-corrected chi connectivity index (χ0v) is 14.9. The Morgan fingerprint density at radius 1 is 0.880 bits per heavy atom. The molecular weight excluding hydrogens is 322 g/mol. The lowest BCUT2D eigenvalue weighted by molar-refractivity contribution is 0.342. The van der Waals surface area contributed by atoms with E-state index >= 15 is 0 Å². The second-order valence-electron chi connectivity index (χ2n) is 6.68. The van der Waals surface area contributed by atoms with Crippen LogP contribution in [0.4, 0.5) is 8.78 Å². The lowest BCUT2D eigenvalue weighted by Gasteiger charge is -2.26. The maximum atomic E-state index is 14.9. The highest BCUT2D eigenvalue weighted by Gasteiger charge is 2.25. The van der Waals surface area contributed by atoms with E-state index in [2.05, 4.69) is 6.92 Å². The van der Waals surface area contributed by atoms with Gasteiger partial charge in [-0.15, -0.1) is 0 Å². The van der Waals surface area contributed by atoms with Gasteiger partial charge in [-0.25, -0.2) is 4.39 Å². The van der Waals surface area contributed by atoms with Gasteiger partial charge in [0.2, 0.25) is 5.82 Å². The van der Waals surface area contributed by atoms with Crippen LogP contribution in [0, 0.1) is 17.6 Å². The summed E-state index contributed by atoms with van der Waals surface area (Å²) in [6, 6.07) is 6.42. The molecule has 4 heteroatoms. The number of phenolic OH excluding ortho intramolecular Hbond substituents is 1. The molecule has 1 heterocycles. The molecule has 1 saturated carbocycles. The standard InChI is InChI=1S/C19H18F2O2.C2H6/c1-10-2-4-11(5-3-10)12-6-7-13-14-8-9-15(22)17(21)19(14)23-18(13)16(12)20;1-2/h6-11,22H,2-5H2,1H3;1-2H3. The number of halogens is 2. The molecular formula is C21H24F2O2. The largest absolute Gasteiger partial charge is 0.505 e. The number of phenols is 1. The van der Waals surface area contributed by atoms with E-state index < -0.39 is 17.4 Å². The second kappa shape index (κ2) is 7.03. The summed E-state index contributed by atoms with van der Waals surface area (Å²) in [4.78, 5) is 0. The van der Waals surface area contributed by atoms with Crippen molar-refractivity contribution in [2.24, 2.45) is 5.92 Å². The molecule has 0 saturated heterocycles. The van der Waals surface area contributed by atoms with E-state index in [4.69, 9.17) is 4.42 Å². The normalized spacial score (nSPS) is 20.5. The molecule has 0 unspecified atom stereocenters. The molecule has 1 N–H and O–H groups in total. The van der Waals surface area contributed by atoms with E-state index in [9.17, 15) is 13.9 Å². The van der Waals surface area contributed by atoms with Gasteiger partial charge in [-0.2, -0.15) is 4.39 Å². The molecule has 0 aliphatic heterocycles. The number of hydrogen-bond acceptors (Lipinski definition) is 2. The molecule has 0 radical (unpaired) electrons. The van der Waals surface area contributed by atoms with Gasteiger partial charge in [-0.1, -0.05) is 39.7 Å². The minimum Gasteiger partial charge on any atom is -0.505 e. The molecule has 2 nitrogen and oxygen atoms in total. The Morgan fingerprint density at radius 2 is 1.44 bits per heavy atom. The highest BCUT2D eigenvalue weighted by Crippen LogP contribution is 2.41. The van der Waals surface area contributed by atoms with Crippen molar-refractivity contribution >= 4 is 21.9 Å². The first-order valence-corrected chi connectivity index (χ1v) is 9.08. The molecule has 4 rings (SSSR count). The van der Waals surface area contributed by atoms with Crippen LogP contribution in [-0.4, -0.2) is 5.11 Å². The molecule has 25 heavy (non-hydrogen) atoms. The van der Waals surface area contributed by atoms with Crippen molar-refractivity contribution in [3.05, 3.63) is 41.5 Å². The van der Waals surface area contributed by atoms with E-state index in [1.165, 1.54) is 6.07 Å². The van der Waals surface area contributed by atoms with Crippen molar-refractivity contribution in [2.75, 3.05) is 0 Å². The maximum Gasteiger partial charge on any atom is 0.207 e. The van der Waals surface area contributed by atoms with E-state index in [0.717, 1.165) is 25.7 Å². The second-order valence-corrected chi connectivity index (χ2v) is 6.68. The van der Waals surface area contributed by atoms with Crippen molar-refractivity contribution in [2.45, 2.75) is 52.4 Å². The van der Waals surface area contributed by atoms with Gasteiger partial charge in [0.25, 0.3) is 0 Å².